The second-order valence-electron chi connectivity index (χ2n) is 11.3. The van der Waals surface area contributed by atoms with Crippen LogP contribution in [0.5, 0.6) is 5.75 Å². The van der Waals surface area contributed by atoms with E-state index in [1.807, 2.05) is 67.5 Å². The smallest absolute Gasteiger partial charge is 0.355 e. The summed E-state index contributed by atoms with van der Waals surface area (Å²) in [6, 6.07) is 19.0. The number of hydrogen-bond donors (Lipinski definition) is 2. The van der Waals surface area contributed by atoms with Gasteiger partial charge >= 0.3 is 5.97 Å². The van der Waals surface area contributed by atoms with Gasteiger partial charge in [-0.1, -0.05) is 59.0 Å². The quantitative estimate of drug-likeness (QED) is 0.122. The Morgan fingerprint density at radius 1 is 1.11 bits per heavy atom. The van der Waals surface area contributed by atoms with Crippen molar-refractivity contribution in [2.75, 3.05) is 44.0 Å². The average molecular weight is 686 g/mol. The van der Waals surface area contributed by atoms with Crippen molar-refractivity contribution in [1.82, 2.24) is 14.9 Å². The number of amides is 1. The molecule has 1 aliphatic rings. The summed E-state index contributed by atoms with van der Waals surface area (Å²) >= 11 is 9.23. The lowest BCUT2D eigenvalue weighted by molar-refractivity contribution is 0.0690. The van der Waals surface area contributed by atoms with Gasteiger partial charge in [-0.15, -0.1) is 11.3 Å². The van der Waals surface area contributed by atoms with E-state index in [1.165, 1.54) is 22.7 Å². The monoisotopic (exact) mass is 685 g/mol. The molecule has 12 heteroatoms. The van der Waals surface area contributed by atoms with Gasteiger partial charge in [0.25, 0.3) is 5.91 Å². The summed E-state index contributed by atoms with van der Waals surface area (Å²) < 4.78 is 6.91. The topological polar surface area (TPSA) is 108 Å². The van der Waals surface area contributed by atoms with Crippen molar-refractivity contribution >= 4 is 66.6 Å². The van der Waals surface area contributed by atoms with Crippen LogP contribution in [0.1, 0.15) is 48.8 Å². The van der Waals surface area contributed by atoms with E-state index in [2.05, 4.69) is 32.0 Å². The van der Waals surface area contributed by atoms with Crippen molar-refractivity contribution in [3.63, 3.8) is 0 Å². The second-order valence-corrected chi connectivity index (χ2v) is 13.8. The molecule has 0 aliphatic carbocycles. The van der Waals surface area contributed by atoms with Crippen LogP contribution in [0.15, 0.2) is 60.7 Å². The molecule has 240 valence electrons. The van der Waals surface area contributed by atoms with E-state index in [-0.39, 0.29) is 11.6 Å². The molecule has 1 aliphatic heterocycles. The molecule has 3 heterocycles. The maximum absolute atomic E-state index is 13.4. The molecule has 0 saturated heterocycles. The number of rotatable bonds is 10. The van der Waals surface area contributed by atoms with E-state index in [9.17, 15) is 14.7 Å². The minimum absolute atomic E-state index is 0.0522. The number of benzene rings is 3. The number of carbonyl (C=O) groups excluding carboxylic acids is 1. The van der Waals surface area contributed by atoms with Crippen LogP contribution in [0.3, 0.4) is 0 Å². The van der Waals surface area contributed by atoms with E-state index >= 15 is 0 Å². The second kappa shape index (κ2) is 14.5. The molecule has 0 unspecified atom stereocenters. The number of halogens is 1. The summed E-state index contributed by atoms with van der Waals surface area (Å²) in [5.74, 6) is 5.45. The molecule has 2 aromatic heterocycles. The molecule has 0 radical (unpaired) electrons. The first-order valence-electron chi connectivity index (χ1n) is 15.1. The minimum atomic E-state index is -1.06. The molecule has 0 spiro atoms. The van der Waals surface area contributed by atoms with Gasteiger partial charge in [-0.25, -0.2) is 14.8 Å². The number of aromatic carboxylic acids is 1. The summed E-state index contributed by atoms with van der Waals surface area (Å²) in [6.07, 6.45) is 1.79. The van der Waals surface area contributed by atoms with Crippen molar-refractivity contribution in [1.29, 1.82) is 0 Å². The Labute approximate surface area is 285 Å². The number of anilines is 2. The lowest BCUT2D eigenvalue weighted by Gasteiger charge is -2.29. The van der Waals surface area contributed by atoms with Crippen LogP contribution in [0.4, 0.5) is 10.3 Å². The maximum atomic E-state index is 13.4. The number of carbonyl (C=O) groups is 2. The maximum Gasteiger partial charge on any atom is 0.355 e. The van der Waals surface area contributed by atoms with E-state index in [4.69, 9.17) is 16.3 Å². The van der Waals surface area contributed by atoms with Crippen LogP contribution in [0, 0.1) is 11.8 Å². The zero-order chi connectivity index (χ0) is 32.9. The number of fused-ring (bicyclic) bond motifs is 2. The predicted molar refractivity (Wildman–Crippen MR) is 189 cm³/mol. The van der Waals surface area contributed by atoms with Gasteiger partial charge in [0.2, 0.25) is 0 Å². The number of carboxylic acids is 1. The van der Waals surface area contributed by atoms with Gasteiger partial charge in [-0.2, -0.15) is 0 Å². The SMILES string of the molecule is CN(C)CC#Cc1ccc(OCCCc2sc(N3CCc4cccc(C(=O)Nc5nc6ccccc6s5)c4C3)nc2C(=O)O)c(Cl)c1. The van der Waals surface area contributed by atoms with E-state index < -0.39 is 5.97 Å². The molecule has 0 saturated carbocycles. The minimum Gasteiger partial charge on any atom is -0.492 e. The molecular formula is C35H32ClN5O4S2. The number of aromatic nitrogens is 2. The molecule has 2 N–H and O–H groups in total. The largest absolute Gasteiger partial charge is 0.492 e. The first kappa shape index (κ1) is 32.5. The number of nitrogens with one attached hydrogen (secondary N) is 1. The zero-order valence-electron chi connectivity index (χ0n) is 25.9. The van der Waals surface area contributed by atoms with E-state index in [0.717, 1.165) is 26.9 Å². The van der Waals surface area contributed by atoms with E-state index in [1.54, 1.807) is 12.1 Å². The molecule has 6 rings (SSSR count). The van der Waals surface area contributed by atoms with Gasteiger partial charge in [-0.05, 0) is 80.9 Å². The van der Waals surface area contributed by atoms with Crippen LogP contribution < -0.4 is 15.0 Å². The molecule has 3 aromatic carbocycles. The molecule has 47 heavy (non-hydrogen) atoms. The summed E-state index contributed by atoms with van der Waals surface area (Å²) in [5, 5.41) is 14.6. The standard InChI is InChI=1S/C35H32ClN5O4S2/c1-40(2)17-6-8-22-14-15-28(26(36)20-22)45-19-7-13-30-31(33(43)44)38-35(47-30)41-18-16-23-9-5-10-24(25(23)21-41)32(42)39-34-37-27-11-3-4-12-29(27)46-34/h3-5,9-12,14-15,20H,7,13,16-19,21H2,1-2H3,(H,43,44)(H,37,39,42). The Hall–Kier alpha value is -4.47. The summed E-state index contributed by atoms with van der Waals surface area (Å²) in [4.78, 5) is 39.4. The summed E-state index contributed by atoms with van der Waals surface area (Å²) in [5.41, 5.74) is 4.29. The predicted octanol–water partition coefficient (Wildman–Crippen LogP) is 6.84. The number of hydrogen-bond acceptors (Lipinski definition) is 9. The molecule has 5 aromatic rings. The Morgan fingerprint density at radius 3 is 2.74 bits per heavy atom. The van der Waals surface area contributed by atoms with Gasteiger partial charge in [0, 0.05) is 29.1 Å². The first-order valence-corrected chi connectivity index (χ1v) is 17.1. The van der Waals surface area contributed by atoms with Crippen molar-refractivity contribution in [3.05, 3.63) is 98.5 Å². The fraction of sp³-hybridized carbons (Fsp3) is 0.257. The lowest BCUT2D eigenvalue weighted by Crippen LogP contribution is -2.32. The summed E-state index contributed by atoms with van der Waals surface area (Å²) in [7, 11) is 3.92. The van der Waals surface area contributed by atoms with Gasteiger partial charge in [0.15, 0.2) is 16.0 Å². The summed E-state index contributed by atoms with van der Waals surface area (Å²) in [6.45, 7) is 2.13. The van der Waals surface area contributed by atoms with Crippen molar-refractivity contribution in [3.8, 4) is 17.6 Å². The van der Waals surface area contributed by atoms with Gasteiger partial charge in [0.1, 0.15) is 5.75 Å². The highest BCUT2D eigenvalue weighted by Crippen LogP contribution is 2.34. The number of ether oxygens (including phenoxy) is 1. The molecule has 0 atom stereocenters. The van der Waals surface area contributed by atoms with E-state index in [0.29, 0.717) is 77.0 Å². The Kier molecular flexibility index (Phi) is 10.0. The van der Waals surface area contributed by atoms with Crippen molar-refractivity contribution in [2.24, 2.45) is 0 Å². The number of carboxylic acid groups (broad SMARTS) is 1. The number of nitrogens with zero attached hydrogens (tertiary/aromatic N) is 4. The van der Waals surface area contributed by atoms with Gasteiger partial charge in [0.05, 0.1) is 28.4 Å². The van der Waals surface area contributed by atoms with Crippen LogP contribution in [0.2, 0.25) is 5.02 Å². The Morgan fingerprint density at radius 2 is 1.96 bits per heavy atom. The lowest BCUT2D eigenvalue weighted by atomic mass is 9.94. The fourth-order valence-electron chi connectivity index (χ4n) is 5.27. The molecule has 0 bridgehead atoms. The molecule has 9 nitrogen and oxygen atoms in total. The highest BCUT2D eigenvalue weighted by Gasteiger charge is 2.26. The third-order valence-corrected chi connectivity index (χ3v) is 9.98. The number of thiazole rings is 2. The normalized spacial score (nSPS) is 12.5. The fourth-order valence-corrected chi connectivity index (χ4v) is 7.48. The Bertz CT molecular complexity index is 1980. The van der Waals surface area contributed by atoms with Crippen LogP contribution >= 0.6 is 34.3 Å². The van der Waals surface area contributed by atoms with Crippen molar-refractivity contribution in [2.45, 2.75) is 25.8 Å². The number of para-hydroxylation sites is 1. The zero-order valence-corrected chi connectivity index (χ0v) is 28.3. The van der Waals surface area contributed by atoms with Crippen molar-refractivity contribution < 1.29 is 19.4 Å². The molecule has 1 amide bonds. The van der Waals surface area contributed by atoms with Gasteiger partial charge in [-0.3, -0.25) is 15.0 Å². The third-order valence-electron chi connectivity index (χ3n) is 7.56. The van der Waals surface area contributed by atoms with Crippen LogP contribution in [0.25, 0.3) is 10.2 Å². The van der Waals surface area contributed by atoms with Gasteiger partial charge < -0.3 is 14.7 Å². The average Bonchev–Trinajstić information content (AvgIpc) is 3.67. The molecular weight excluding hydrogens is 654 g/mol. The van der Waals surface area contributed by atoms with Crippen LogP contribution in [-0.2, 0) is 19.4 Å². The Balaban J connectivity index is 1.11. The molecule has 0 fully saturated rings. The first-order chi connectivity index (χ1) is 22.7. The highest BCUT2D eigenvalue weighted by atomic mass is 35.5. The van der Waals surface area contributed by atoms with Crippen LogP contribution in [-0.4, -0.2) is 65.6 Å². The number of aryl methyl sites for hydroxylation is 1. The third kappa shape index (κ3) is 7.75. The highest BCUT2D eigenvalue weighted by molar-refractivity contribution is 7.22.